The standard InChI is InChI=1S/C20H33N7O.HI/c1-5-21-20(23-9-12-26(3)11-6-14-28-4)25-16-18-7-8-19(24-15-18)27-13-10-22-17(27)2;/h7-8,10,13,15H,5-6,9,11-12,14,16H2,1-4H3,(H2,21,23,25);1H. The Morgan fingerprint density at radius 2 is 2.07 bits per heavy atom. The van der Waals surface area contributed by atoms with Gasteiger partial charge in [0.1, 0.15) is 11.6 Å². The molecule has 0 atom stereocenters. The van der Waals surface area contributed by atoms with E-state index in [9.17, 15) is 0 Å². The molecule has 0 aliphatic heterocycles. The number of hydrogen-bond donors (Lipinski definition) is 2. The summed E-state index contributed by atoms with van der Waals surface area (Å²) in [5, 5.41) is 6.67. The molecule has 0 radical (unpaired) electrons. The lowest BCUT2D eigenvalue weighted by Crippen LogP contribution is -2.41. The highest BCUT2D eigenvalue weighted by molar-refractivity contribution is 14.0. The van der Waals surface area contributed by atoms with Gasteiger partial charge in [0.25, 0.3) is 0 Å². The Bertz CT molecular complexity index is 718. The normalized spacial score (nSPS) is 11.4. The zero-order chi connectivity index (χ0) is 20.2. The van der Waals surface area contributed by atoms with E-state index in [2.05, 4.69) is 50.5 Å². The van der Waals surface area contributed by atoms with Gasteiger partial charge in [0.15, 0.2) is 5.96 Å². The van der Waals surface area contributed by atoms with E-state index in [-0.39, 0.29) is 24.0 Å². The predicted molar refractivity (Wildman–Crippen MR) is 128 cm³/mol. The lowest BCUT2D eigenvalue weighted by molar-refractivity contribution is 0.180. The largest absolute Gasteiger partial charge is 0.385 e. The van der Waals surface area contributed by atoms with E-state index in [1.54, 1.807) is 13.3 Å². The number of halogens is 1. The maximum absolute atomic E-state index is 5.09. The molecule has 2 aromatic heterocycles. The summed E-state index contributed by atoms with van der Waals surface area (Å²) >= 11 is 0. The van der Waals surface area contributed by atoms with Gasteiger partial charge in [-0.2, -0.15) is 0 Å². The zero-order valence-electron chi connectivity index (χ0n) is 17.9. The summed E-state index contributed by atoms with van der Waals surface area (Å²) in [6.45, 7) is 9.05. The Morgan fingerprint density at radius 3 is 2.69 bits per heavy atom. The molecule has 2 heterocycles. The first-order valence-corrected chi connectivity index (χ1v) is 9.79. The second-order valence-electron chi connectivity index (χ2n) is 6.64. The van der Waals surface area contributed by atoms with E-state index in [0.717, 1.165) is 62.4 Å². The number of pyridine rings is 1. The molecule has 2 N–H and O–H groups in total. The van der Waals surface area contributed by atoms with Gasteiger partial charge in [-0.15, -0.1) is 24.0 Å². The summed E-state index contributed by atoms with van der Waals surface area (Å²) in [5.41, 5.74) is 1.07. The molecule has 8 nitrogen and oxygen atoms in total. The Hall–Kier alpha value is -1.72. The number of ether oxygens (including phenoxy) is 1. The van der Waals surface area contributed by atoms with Crippen molar-refractivity contribution in [3.05, 3.63) is 42.1 Å². The van der Waals surface area contributed by atoms with Crippen LogP contribution in [0, 0.1) is 6.92 Å². The number of hydrogen-bond acceptors (Lipinski definition) is 5. The van der Waals surface area contributed by atoms with Crippen LogP contribution >= 0.6 is 24.0 Å². The van der Waals surface area contributed by atoms with Crippen molar-refractivity contribution in [2.24, 2.45) is 4.99 Å². The molecule has 0 aliphatic carbocycles. The highest BCUT2D eigenvalue weighted by Crippen LogP contribution is 2.09. The van der Waals surface area contributed by atoms with Crippen molar-refractivity contribution in [2.75, 3.05) is 46.9 Å². The summed E-state index contributed by atoms with van der Waals surface area (Å²) in [6.07, 6.45) is 6.60. The Balaban J connectivity index is 0.00000420. The van der Waals surface area contributed by atoms with Gasteiger partial charge in [0.05, 0.1) is 6.54 Å². The molecule has 2 aromatic rings. The monoisotopic (exact) mass is 515 g/mol. The number of methoxy groups -OCH3 is 1. The van der Waals surface area contributed by atoms with E-state index in [1.165, 1.54) is 0 Å². The molecule has 0 fully saturated rings. The Labute approximate surface area is 191 Å². The molecule has 0 bridgehead atoms. The van der Waals surface area contributed by atoms with Crippen LogP contribution in [0.5, 0.6) is 0 Å². The van der Waals surface area contributed by atoms with Gasteiger partial charge in [-0.25, -0.2) is 15.0 Å². The summed E-state index contributed by atoms with van der Waals surface area (Å²) in [6, 6.07) is 4.05. The van der Waals surface area contributed by atoms with Crippen molar-refractivity contribution in [1.29, 1.82) is 0 Å². The number of aryl methyl sites for hydroxylation is 1. The van der Waals surface area contributed by atoms with Crippen LogP contribution in [0.15, 0.2) is 35.7 Å². The molecule has 9 heteroatoms. The lowest BCUT2D eigenvalue weighted by Gasteiger charge is -2.18. The third-order valence-electron chi connectivity index (χ3n) is 4.32. The lowest BCUT2D eigenvalue weighted by atomic mass is 10.3. The van der Waals surface area contributed by atoms with Gasteiger partial charge in [-0.3, -0.25) is 4.57 Å². The smallest absolute Gasteiger partial charge is 0.191 e. The molecule has 0 aliphatic rings. The topological polar surface area (TPSA) is 79.6 Å². The van der Waals surface area contributed by atoms with E-state index in [0.29, 0.717) is 6.54 Å². The molecule has 162 valence electrons. The van der Waals surface area contributed by atoms with Crippen molar-refractivity contribution in [3.63, 3.8) is 0 Å². The van der Waals surface area contributed by atoms with Gasteiger partial charge in [-0.05, 0) is 38.9 Å². The average molecular weight is 515 g/mol. The quantitative estimate of drug-likeness (QED) is 0.207. The van der Waals surface area contributed by atoms with E-state index in [1.807, 2.05) is 30.0 Å². The van der Waals surface area contributed by atoms with Crippen LogP contribution in [-0.2, 0) is 11.3 Å². The minimum atomic E-state index is 0. The van der Waals surface area contributed by atoms with Gasteiger partial charge < -0.3 is 20.3 Å². The first kappa shape index (κ1) is 25.3. The number of imidazole rings is 1. The molecular formula is C20H34IN7O. The number of aromatic nitrogens is 3. The first-order chi connectivity index (χ1) is 13.6. The van der Waals surface area contributed by atoms with Crippen molar-refractivity contribution in [3.8, 4) is 5.82 Å². The second-order valence-corrected chi connectivity index (χ2v) is 6.64. The molecule has 0 spiro atoms. The van der Waals surface area contributed by atoms with Crippen LogP contribution in [0.25, 0.3) is 5.82 Å². The van der Waals surface area contributed by atoms with Crippen LogP contribution in [0.1, 0.15) is 24.7 Å². The molecule has 29 heavy (non-hydrogen) atoms. The van der Waals surface area contributed by atoms with Crippen LogP contribution in [0.2, 0.25) is 0 Å². The van der Waals surface area contributed by atoms with Gasteiger partial charge >= 0.3 is 0 Å². The molecular weight excluding hydrogens is 481 g/mol. The molecule has 2 rings (SSSR count). The van der Waals surface area contributed by atoms with Crippen LogP contribution in [0.3, 0.4) is 0 Å². The van der Waals surface area contributed by atoms with E-state index >= 15 is 0 Å². The SMILES string of the molecule is CCNC(=NCc1ccc(-n2ccnc2C)nc1)NCCN(C)CCCOC.I. The zero-order valence-corrected chi connectivity index (χ0v) is 20.2. The van der Waals surface area contributed by atoms with Crippen LogP contribution in [-0.4, -0.2) is 72.3 Å². The summed E-state index contributed by atoms with van der Waals surface area (Å²) in [4.78, 5) is 15.7. The van der Waals surface area contributed by atoms with Gasteiger partial charge in [-0.1, -0.05) is 6.07 Å². The van der Waals surface area contributed by atoms with E-state index in [4.69, 9.17) is 4.74 Å². The fourth-order valence-corrected chi connectivity index (χ4v) is 2.74. The van der Waals surface area contributed by atoms with Crippen LogP contribution in [0.4, 0.5) is 0 Å². The first-order valence-electron chi connectivity index (χ1n) is 9.79. The Kier molecular flexibility index (Phi) is 12.5. The van der Waals surface area contributed by atoms with Gasteiger partial charge in [0, 0.05) is 58.5 Å². The van der Waals surface area contributed by atoms with Crippen molar-refractivity contribution in [2.45, 2.75) is 26.8 Å². The number of rotatable bonds is 11. The third-order valence-corrected chi connectivity index (χ3v) is 4.32. The van der Waals surface area contributed by atoms with Crippen LogP contribution < -0.4 is 10.6 Å². The number of nitrogens with zero attached hydrogens (tertiary/aromatic N) is 5. The summed E-state index contributed by atoms with van der Waals surface area (Å²) < 4.78 is 7.05. The number of nitrogens with one attached hydrogen (secondary N) is 2. The fraction of sp³-hybridized carbons (Fsp3) is 0.550. The number of guanidine groups is 1. The number of aliphatic imine (C=N–C) groups is 1. The third kappa shape index (κ3) is 9.09. The van der Waals surface area contributed by atoms with E-state index < -0.39 is 0 Å². The highest BCUT2D eigenvalue weighted by Gasteiger charge is 2.03. The molecule has 0 saturated carbocycles. The van der Waals surface area contributed by atoms with Crippen molar-refractivity contribution in [1.82, 2.24) is 30.1 Å². The minimum Gasteiger partial charge on any atom is -0.385 e. The maximum atomic E-state index is 5.09. The summed E-state index contributed by atoms with van der Waals surface area (Å²) in [7, 11) is 3.86. The Morgan fingerprint density at radius 1 is 1.24 bits per heavy atom. The van der Waals surface area contributed by atoms with Gasteiger partial charge in [0.2, 0.25) is 0 Å². The molecule has 0 aromatic carbocycles. The fourth-order valence-electron chi connectivity index (χ4n) is 2.74. The average Bonchev–Trinajstić information content (AvgIpc) is 3.12. The second kappa shape index (κ2) is 14.3. The minimum absolute atomic E-state index is 0. The molecule has 0 amide bonds. The predicted octanol–water partition coefficient (Wildman–Crippen LogP) is 2.22. The summed E-state index contributed by atoms with van der Waals surface area (Å²) in [5.74, 6) is 2.61. The molecule has 0 saturated heterocycles. The number of likely N-dealkylation sites (N-methyl/N-ethyl adjacent to an activating group) is 1. The maximum Gasteiger partial charge on any atom is 0.191 e. The van der Waals surface area contributed by atoms with Crippen molar-refractivity contribution < 1.29 is 4.74 Å². The highest BCUT2D eigenvalue weighted by atomic mass is 127. The molecule has 0 unspecified atom stereocenters. The van der Waals surface area contributed by atoms with Crippen molar-refractivity contribution >= 4 is 29.9 Å².